The molecule has 0 aromatic rings. The van der Waals surface area contributed by atoms with Gasteiger partial charge in [-0.3, -0.25) is 4.79 Å². The normalized spacial score (nSPS) is 13.7. The first-order valence-electron chi connectivity index (χ1n) is 3.44. The average Bonchev–Trinajstić information content (AvgIpc) is 1.99. The van der Waals surface area contributed by atoms with Crippen LogP contribution in [0.5, 0.6) is 0 Å². The SMILES string of the molecule is CC=C(CC)C(C#N)C(=O)O. The molecule has 0 fully saturated rings. The first-order chi connectivity index (χ1) is 5.17. The van der Waals surface area contributed by atoms with Gasteiger partial charge in [0.2, 0.25) is 0 Å². The zero-order valence-electron chi connectivity index (χ0n) is 6.66. The summed E-state index contributed by atoms with van der Waals surface area (Å²) in [6.45, 7) is 3.58. The summed E-state index contributed by atoms with van der Waals surface area (Å²) in [7, 11) is 0. The van der Waals surface area contributed by atoms with Gasteiger partial charge in [0.05, 0.1) is 6.07 Å². The number of hydrogen-bond acceptors (Lipinski definition) is 2. The third-order valence-corrected chi connectivity index (χ3v) is 1.53. The topological polar surface area (TPSA) is 61.1 Å². The predicted molar refractivity (Wildman–Crippen MR) is 40.8 cm³/mol. The van der Waals surface area contributed by atoms with Crippen LogP contribution in [0.2, 0.25) is 0 Å². The van der Waals surface area contributed by atoms with Crippen molar-refractivity contribution >= 4 is 5.97 Å². The van der Waals surface area contributed by atoms with Crippen molar-refractivity contribution in [1.29, 1.82) is 5.26 Å². The lowest BCUT2D eigenvalue weighted by Crippen LogP contribution is -2.13. The van der Waals surface area contributed by atoms with E-state index in [1.165, 1.54) is 0 Å². The van der Waals surface area contributed by atoms with Gasteiger partial charge in [0.25, 0.3) is 0 Å². The number of carboxylic acid groups (broad SMARTS) is 1. The minimum atomic E-state index is -1.07. The molecular weight excluding hydrogens is 142 g/mol. The maximum absolute atomic E-state index is 10.4. The largest absolute Gasteiger partial charge is 0.480 e. The Labute approximate surface area is 66.0 Å². The number of aliphatic carboxylic acids is 1. The molecule has 0 heterocycles. The molecule has 0 bridgehead atoms. The summed E-state index contributed by atoms with van der Waals surface area (Å²) in [6, 6.07) is 1.74. The van der Waals surface area contributed by atoms with Crippen LogP contribution in [0.15, 0.2) is 11.6 Å². The van der Waals surface area contributed by atoms with Gasteiger partial charge in [0.15, 0.2) is 5.92 Å². The molecule has 1 N–H and O–H groups in total. The minimum absolute atomic E-state index is 0.612. The molecule has 1 unspecified atom stereocenters. The van der Waals surface area contributed by atoms with Crippen molar-refractivity contribution in [3.05, 3.63) is 11.6 Å². The highest BCUT2D eigenvalue weighted by molar-refractivity contribution is 5.76. The molecule has 0 aromatic heterocycles. The summed E-state index contributed by atoms with van der Waals surface area (Å²) in [5, 5.41) is 17.0. The summed E-state index contributed by atoms with van der Waals surface area (Å²) < 4.78 is 0. The Balaban J connectivity index is 4.52. The standard InChI is InChI=1S/C8H11NO2/c1-3-6(4-2)7(5-9)8(10)11/h3,7H,4H2,1-2H3,(H,10,11). The molecule has 0 amide bonds. The van der Waals surface area contributed by atoms with Gasteiger partial charge >= 0.3 is 5.97 Å². The molecule has 0 saturated carbocycles. The van der Waals surface area contributed by atoms with Gasteiger partial charge in [0, 0.05) is 0 Å². The number of rotatable bonds is 3. The fraction of sp³-hybridized carbons (Fsp3) is 0.500. The summed E-state index contributed by atoms with van der Waals surface area (Å²) in [6.07, 6.45) is 2.29. The van der Waals surface area contributed by atoms with Gasteiger partial charge in [-0.15, -0.1) is 0 Å². The minimum Gasteiger partial charge on any atom is -0.480 e. The Morgan fingerprint density at radius 1 is 1.82 bits per heavy atom. The zero-order chi connectivity index (χ0) is 8.85. The highest BCUT2D eigenvalue weighted by Crippen LogP contribution is 2.13. The molecule has 0 aromatic carbocycles. The van der Waals surface area contributed by atoms with Crippen LogP contribution >= 0.6 is 0 Å². The Kier molecular flexibility index (Phi) is 3.97. The molecule has 0 rings (SSSR count). The monoisotopic (exact) mass is 153 g/mol. The van der Waals surface area contributed by atoms with Crippen LogP contribution in [0, 0.1) is 17.2 Å². The van der Waals surface area contributed by atoms with Crippen LogP contribution in [0.4, 0.5) is 0 Å². The predicted octanol–water partition coefficient (Wildman–Crippen LogP) is 1.57. The van der Waals surface area contributed by atoms with E-state index in [4.69, 9.17) is 10.4 Å². The van der Waals surface area contributed by atoms with Crippen molar-refractivity contribution < 1.29 is 9.90 Å². The van der Waals surface area contributed by atoms with Gasteiger partial charge < -0.3 is 5.11 Å². The van der Waals surface area contributed by atoms with Gasteiger partial charge in [-0.25, -0.2) is 0 Å². The van der Waals surface area contributed by atoms with Gasteiger partial charge in [-0.2, -0.15) is 5.26 Å². The third-order valence-electron chi connectivity index (χ3n) is 1.53. The lowest BCUT2D eigenvalue weighted by Gasteiger charge is -2.04. The molecule has 0 aliphatic heterocycles. The van der Waals surface area contributed by atoms with Crippen molar-refractivity contribution in [2.75, 3.05) is 0 Å². The molecule has 60 valence electrons. The summed E-state index contributed by atoms with van der Waals surface area (Å²) in [5.41, 5.74) is 0.667. The van der Waals surface area contributed by atoms with Gasteiger partial charge in [0.1, 0.15) is 0 Å². The number of carbonyl (C=O) groups is 1. The van der Waals surface area contributed by atoms with Crippen molar-refractivity contribution in [3.8, 4) is 6.07 Å². The lowest BCUT2D eigenvalue weighted by molar-refractivity contribution is -0.138. The van der Waals surface area contributed by atoms with E-state index in [0.717, 1.165) is 0 Å². The summed E-state index contributed by atoms with van der Waals surface area (Å²) in [5.74, 6) is -2.03. The van der Waals surface area contributed by atoms with Crippen LogP contribution < -0.4 is 0 Å². The van der Waals surface area contributed by atoms with E-state index >= 15 is 0 Å². The Morgan fingerprint density at radius 3 is 2.45 bits per heavy atom. The Hall–Kier alpha value is -1.30. The van der Waals surface area contributed by atoms with Crippen molar-refractivity contribution in [1.82, 2.24) is 0 Å². The maximum atomic E-state index is 10.4. The molecule has 11 heavy (non-hydrogen) atoms. The van der Waals surface area contributed by atoms with Crippen molar-refractivity contribution in [2.45, 2.75) is 20.3 Å². The quantitative estimate of drug-likeness (QED) is 0.626. The van der Waals surface area contributed by atoms with E-state index in [0.29, 0.717) is 12.0 Å². The number of nitriles is 1. The van der Waals surface area contributed by atoms with Crippen molar-refractivity contribution in [3.63, 3.8) is 0 Å². The zero-order valence-corrected chi connectivity index (χ0v) is 6.66. The fourth-order valence-corrected chi connectivity index (χ4v) is 0.872. The van der Waals surface area contributed by atoms with E-state index in [1.807, 2.05) is 6.92 Å². The van der Waals surface area contributed by atoms with Gasteiger partial charge in [-0.05, 0) is 18.9 Å². The summed E-state index contributed by atoms with van der Waals surface area (Å²) >= 11 is 0. The first-order valence-corrected chi connectivity index (χ1v) is 3.44. The molecule has 0 saturated heterocycles. The molecule has 3 nitrogen and oxygen atoms in total. The first kappa shape index (κ1) is 9.70. The van der Waals surface area contributed by atoms with Crippen molar-refractivity contribution in [2.24, 2.45) is 5.92 Å². The van der Waals surface area contributed by atoms with Gasteiger partial charge in [-0.1, -0.05) is 13.0 Å². The number of carboxylic acids is 1. The van der Waals surface area contributed by atoms with E-state index in [9.17, 15) is 4.79 Å². The number of allylic oxidation sites excluding steroid dienone is 1. The van der Waals surface area contributed by atoms with Crippen LogP contribution in [-0.4, -0.2) is 11.1 Å². The average molecular weight is 153 g/mol. The highest BCUT2D eigenvalue weighted by atomic mass is 16.4. The van der Waals surface area contributed by atoms with E-state index < -0.39 is 11.9 Å². The lowest BCUT2D eigenvalue weighted by atomic mass is 9.98. The maximum Gasteiger partial charge on any atom is 0.325 e. The molecule has 3 heteroatoms. The van der Waals surface area contributed by atoms with E-state index in [2.05, 4.69) is 0 Å². The van der Waals surface area contributed by atoms with E-state index in [1.54, 1.807) is 19.1 Å². The van der Waals surface area contributed by atoms with Crippen LogP contribution in [0.1, 0.15) is 20.3 Å². The molecule has 0 aliphatic carbocycles. The van der Waals surface area contributed by atoms with Crippen LogP contribution in [0.25, 0.3) is 0 Å². The number of hydrogen-bond donors (Lipinski definition) is 1. The summed E-state index contributed by atoms with van der Waals surface area (Å²) in [4.78, 5) is 10.4. The Bertz CT molecular complexity index is 213. The second-order valence-corrected chi connectivity index (χ2v) is 2.12. The van der Waals surface area contributed by atoms with E-state index in [-0.39, 0.29) is 0 Å². The smallest absolute Gasteiger partial charge is 0.325 e. The van der Waals surface area contributed by atoms with Crippen LogP contribution in [-0.2, 0) is 4.79 Å². The van der Waals surface area contributed by atoms with Crippen LogP contribution in [0.3, 0.4) is 0 Å². The molecule has 1 atom stereocenters. The molecule has 0 aliphatic rings. The third kappa shape index (κ3) is 2.42. The molecule has 0 radical (unpaired) electrons. The second-order valence-electron chi connectivity index (χ2n) is 2.12. The molecular formula is C8H11NO2. The molecule has 0 spiro atoms. The highest BCUT2D eigenvalue weighted by Gasteiger charge is 2.19. The second kappa shape index (κ2) is 4.51. The fourth-order valence-electron chi connectivity index (χ4n) is 0.872. The Morgan fingerprint density at radius 2 is 2.36 bits per heavy atom. The number of nitrogens with zero attached hydrogens (tertiary/aromatic N) is 1.